The third-order valence-corrected chi connectivity index (χ3v) is 1.93. The SMILES string of the molecule is C/C=C(\CC)C(CC)C(=O)O. The zero-order chi connectivity index (χ0) is 8.85. The Balaban J connectivity index is 4.35. The lowest BCUT2D eigenvalue weighted by Gasteiger charge is -2.11. The van der Waals surface area contributed by atoms with Crippen LogP contribution in [0.5, 0.6) is 0 Å². The Morgan fingerprint density at radius 1 is 1.55 bits per heavy atom. The van der Waals surface area contributed by atoms with Crippen LogP contribution in [0.2, 0.25) is 0 Å². The summed E-state index contributed by atoms with van der Waals surface area (Å²) in [7, 11) is 0. The molecule has 0 bridgehead atoms. The normalized spacial score (nSPS) is 14.6. The molecule has 0 heterocycles. The number of hydrogen-bond donors (Lipinski definition) is 1. The van der Waals surface area contributed by atoms with Crippen molar-refractivity contribution in [2.45, 2.75) is 33.6 Å². The van der Waals surface area contributed by atoms with Crippen molar-refractivity contribution in [3.05, 3.63) is 11.6 Å². The van der Waals surface area contributed by atoms with Crippen molar-refractivity contribution in [1.82, 2.24) is 0 Å². The van der Waals surface area contributed by atoms with Gasteiger partial charge in [0, 0.05) is 0 Å². The van der Waals surface area contributed by atoms with Gasteiger partial charge >= 0.3 is 5.97 Å². The molecule has 0 aliphatic heterocycles. The number of carboxylic acids is 1. The molecule has 0 aromatic rings. The molecule has 1 N–H and O–H groups in total. The molecule has 0 rings (SSSR count). The average molecular weight is 156 g/mol. The first-order valence-electron chi connectivity index (χ1n) is 4.05. The summed E-state index contributed by atoms with van der Waals surface area (Å²) in [5.74, 6) is -0.979. The van der Waals surface area contributed by atoms with E-state index in [9.17, 15) is 4.79 Å². The summed E-state index contributed by atoms with van der Waals surface area (Å²) < 4.78 is 0. The highest BCUT2D eigenvalue weighted by Crippen LogP contribution is 2.17. The summed E-state index contributed by atoms with van der Waals surface area (Å²) in [5, 5.41) is 8.77. The lowest BCUT2D eigenvalue weighted by Crippen LogP contribution is -2.14. The van der Waals surface area contributed by atoms with Crippen molar-refractivity contribution < 1.29 is 9.90 Å². The average Bonchev–Trinajstić information content (AvgIpc) is 1.99. The molecule has 2 heteroatoms. The van der Waals surface area contributed by atoms with Gasteiger partial charge in [-0.1, -0.05) is 25.5 Å². The van der Waals surface area contributed by atoms with Gasteiger partial charge in [-0.05, 0) is 19.8 Å². The summed E-state index contributed by atoms with van der Waals surface area (Å²) in [6.45, 7) is 5.78. The van der Waals surface area contributed by atoms with E-state index < -0.39 is 5.97 Å². The molecule has 0 amide bonds. The monoisotopic (exact) mass is 156 g/mol. The summed E-state index contributed by atoms with van der Waals surface area (Å²) in [6.07, 6.45) is 3.42. The molecular formula is C9H16O2. The van der Waals surface area contributed by atoms with Crippen LogP contribution in [-0.4, -0.2) is 11.1 Å². The van der Waals surface area contributed by atoms with Crippen LogP contribution in [0.25, 0.3) is 0 Å². The Bertz CT molecular complexity index is 159. The topological polar surface area (TPSA) is 37.3 Å². The van der Waals surface area contributed by atoms with E-state index in [0.29, 0.717) is 6.42 Å². The van der Waals surface area contributed by atoms with Crippen LogP contribution in [-0.2, 0) is 4.79 Å². The summed E-state index contributed by atoms with van der Waals surface area (Å²) >= 11 is 0. The highest BCUT2D eigenvalue weighted by molar-refractivity contribution is 5.73. The number of rotatable bonds is 4. The first-order valence-corrected chi connectivity index (χ1v) is 4.05. The van der Waals surface area contributed by atoms with Gasteiger partial charge < -0.3 is 5.11 Å². The van der Waals surface area contributed by atoms with Crippen molar-refractivity contribution in [1.29, 1.82) is 0 Å². The summed E-state index contributed by atoms with van der Waals surface area (Å²) in [5.41, 5.74) is 1.03. The smallest absolute Gasteiger partial charge is 0.310 e. The standard InChI is InChI=1S/C9H16O2/c1-4-7(5-2)8(6-3)9(10)11/h4,8H,5-6H2,1-3H3,(H,10,11)/b7-4+. The predicted molar refractivity (Wildman–Crippen MR) is 45.5 cm³/mol. The Morgan fingerprint density at radius 2 is 2.09 bits per heavy atom. The van der Waals surface area contributed by atoms with Gasteiger partial charge in [-0.15, -0.1) is 0 Å². The quantitative estimate of drug-likeness (QED) is 0.635. The van der Waals surface area contributed by atoms with Gasteiger partial charge in [0.2, 0.25) is 0 Å². The summed E-state index contributed by atoms with van der Waals surface area (Å²) in [6, 6.07) is 0. The van der Waals surface area contributed by atoms with E-state index in [1.165, 1.54) is 0 Å². The van der Waals surface area contributed by atoms with Crippen LogP contribution in [0.1, 0.15) is 33.6 Å². The lowest BCUT2D eigenvalue weighted by molar-refractivity contribution is -0.140. The molecule has 11 heavy (non-hydrogen) atoms. The van der Waals surface area contributed by atoms with Gasteiger partial charge in [0.1, 0.15) is 0 Å². The number of allylic oxidation sites excluding steroid dienone is 1. The second-order valence-electron chi connectivity index (χ2n) is 2.52. The van der Waals surface area contributed by atoms with Gasteiger partial charge in [0.15, 0.2) is 0 Å². The Hall–Kier alpha value is -0.790. The molecule has 0 fully saturated rings. The van der Waals surface area contributed by atoms with Gasteiger partial charge in [-0.3, -0.25) is 4.79 Å². The predicted octanol–water partition coefficient (Wildman–Crippen LogP) is 2.45. The van der Waals surface area contributed by atoms with Gasteiger partial charge in [-0.2, -0.15) is 0 Å². The Morgan fingerprint density at radius 3 is 2.18 bits per heavy atom. The third kappa shape index (κ3) is 2.74. The van der Waals surface area contributed by atoms with Crippen molar-refractivity contribution in [3.63, 3.8) is 0 Å². The molecule has 1 atom stereocenters. The van der Waals surface area contributed by atoms with Crippen LogP contribution in [0.4, 0.5) is 0 Å². The van der Waals surface area contributed by atoms with E-state index in [4.69, 9.17) is 5.11 Å². The Kier molecular flexibility index (Phi) is 4.59. The second kappa shape index (κ2) is 4.94. The number of aliphatic carboxylic acids is 1. The first-order chi connectivity index (χ1) is 5.17. The largest absolute Gasteiger partial charge is 0.481 e. The van der Waals surface area contributed by atoms with E-state index in [1.54, 1.807) is 0 Å². The van der Waals surface area contributed by atoms with Gasteiger partial charge in [0.05, 0.1) is 5.92 Å². The molecule has 0 aliphatic carbocycles. The van der Waals surface area contributed by atoms with Crippen LogP contribution in [0, 0.1) is 5.92 Å². The Labute approximate surface area is 67.9 Å². The minimum Gasteiger partial charge on any atom is -0.481 e. The molecule has 0 saturated heterocycles. The maximum absolute atomic E-state index is 10.6. The van der Waals surface area contributed by atoms with E-state index in [1.807, 2.05) is 26.8 Å². The fourth-order valence-corrected chi connectivity index (χ4v) is 1.25. The molecule has 0 aromatic carbocycles. The van der Waals surface area contributed by atoms with Gasteiger partial charge in [-0.25, -0.2) is 0 Å². The molecule has 64 valence electrons. The minimum absolute atomic E-state index is 0.273. The number of hydrogen-bond acceptors (Lipinski definition) is 1. The molecule has 2 nitrogen and oxygen atoms in total. The maximum Gasteiger partial charge on any atom is 0.310 e. The van der Waals surface area contributed by atoms with E-state index in [-0.39, 0.29) is 5.92 Å². The lowest BCUT2D eigenvalue weighted by atomic mass is 9.94. The highest BCUT2D eigenvalue weighted by atomic mass is 16.4. The number of carbonyl (C=O) groups is 1. The molecule has 0 aromatic heterocycles. The zero-order valence-corrected chi connectivity index (χ0v) is 7.42. The molecule has 0 radical (unpaired) electrons. The minimum atomic E-state index is -0.706. The van der Waals surface area contributed by atoms with Crippen molar-refractivity contribution in [3.8, 4) is 0 Å². The van der Waals surface area contributed by atoms with Crippen molar-refractivity contribution in [2.24, 2.45) is 5.92 Å². The fourth-order valence-electron chi connectivity index (χ4n) is 1.25. The third-order valence-electron chi connectivity index (χ3n) is 1.93. The van der Waals surface area contributed by atoms with Crippen LogP contribution >= 0.6 is 0 Å². The fraction of sp³-hybridized carbons (Fsp3) is 0.667. The molecular weight excluding hydrogens is 140 g/mol. The van der Waals surface area contributed by atoms with E-state index >= 15 is 0 Å². The van der Waals surface area contributed by atoms with Crippen molar-refractivity contribution >= 4 is 5.97 Å². The highest BCUT2D eigenvalue weighted by Gasteiger charge is 2.17. The van der Waals surface area contributed by atoms with Crippen LogP contribution < -0.4 is 0 Å². The van der Waals surface area contributed by atoms with Crippen LogP contribution in [0.3, 0.4) is 0 Å². The summed E-state index contributed by atoms with van der Waals surface area (Å²) in [4.78, 5) is 10.6. The number of carboxylic acid groups (broad SMARTS) is 1. The molecule has 0 aliphatic rings. The van der Waals surface area contributed by atoms with Gasteiger partial charge in [0.25, 0.3) is 0 Å². The van der Waals surface area contributed by atoms with E-state index in [2.05, 4.69) is 0 Å². The second-order valence-corrected chi connectivity index (χ2v) is 2.52. The first kappa shape index (κ1) is 10.2. The molecule has 0 saturated carbocycles. The maximum atomic E-state index is 10.6. The van der Waals surface area contributed by atoms with Crippen LogP contribution in [0.15, 0.2) is 11.6 Å². The molecule has 0 spiro atoms. The molecule has 1 unspecified atom stereocenters. The zero-order valence-electron chi connectivity index (χ0n) is 7.42. The van der Waals surface area contributed by atoms with Crippen molar-refractivity contribution in [2.75, 3.05) is 0 Å². The van der Waals surface area contributed by atoms with E-state index in [0.717, 1.165) is 12.0 Å².